The molecule has 0 aliphatic heterocycles. The molecule has 0 spiro atoms. The molecule has 5 nitrogen and oxygen atoms in total. The monoisotopic (exact) mass is 327 g/mol. The highest BCUT2D eigenvalue weighted by Gasteiger charge is 2.29. The van der Waals surface area contributed by atoms with Crippen molar-refractivity contribution in [2.45, 2.75) is 51.5 Å². The highest BCUT2D eigenvalue weighted by Crippen LogP contribution is 2.26. The maximum absolute atomic E-state index is 11.4. The molecule has 1 aromatic heterocycles. The summed E-state index contributed by atoms with van der Waals surface area (Å²) >= 11 is 0. The summed E-state index contributed by atoms with van der Waals surface area (Å²) in [6.07, 6.45) is 4.65. The Balaban J connectivity index is 1.76. The van der Waals surface area contributed by atoms with Crippen LogP contribution in [0.15, 0.2) is 24.3 Å². The number of aliphatic carboxylic acids is 1. The average molecular weight is 327 g/mol. The molecule has 1 heterocycles. The Kier molecular flexibility index (Phi) is 4.35. The molecule has 128 valence electrons. The highest BCUT2D eigenvalue weighted by atomic mass is 16.4. The molecular formula is C19H25N3O2. The van der Waals surface area contributed by atoms with Gasteiger partial charge < -0.3 is 15.0 Å². The number of benzene rings is 1. The van der Waals surface area contributed by atoms with Crippen LogP contribution in [0.3, 0.4) is 0 Å². The summed E-state index contributed by atoms with van der Waals surface area (Å²) in [7, 11) is 2.08. The predicted molar refractivity (Wildman–Crippen MR) is 94.3 cm³/mol. The molecule has 3 rings (SSSR count). The molecule has 2 aromatic rings. The number of aromatic nitrogens is 2. The van der Waals surface area contributed by atoms with Crippen LogP contribution in [0, 0.1) is 0 Å². The van der Waals surface area contributed by atoms with Gasteiger partial charge in [-0.3, -0.25) is 4.79 Å². The molecule has 1 aromatic carbocycles. The van der Waals surface area contributed by atoms with E-state index in [1.54, 1.807) is 13.8 Å². The van der Waals surface area contributed by atoms with E-state index >= 15 is 0 Å². The Morgan fingerprint density at radius 1 is 1.33 bits per heavy atom. The van der Waals surface area contributed by atoms with Gasteiger partial charge in [0.25, 0.3) is 0 Å². The first kappa shape index (κ1) is 16.6. The van der Waals surface area contributed by atoms with Crippen molar-refractivity contribution in [2.24, 2.45) is 7.05 Å². The van der Waals surface area contributed by atoms with Gasteiger partial charge in [-0.2, -0.15) is 0 Å². The summed E-state index contributed by atoms with van der Waals surface area (Å²) in [5, 5.41) is 12.8. The fourth-order valence-corrected chi connectivity index (χ4v) is 3.22. The van der Waals surface area contributed by atoms with Crippen molar-refractivity contribution in [3.63, 3.8) is 0 Å². The van der Waals surface area contributed by atoms with Gasteiger partial charge in [0.05, 0.1) is 17.7 Å². The average Bonchev–Trinajstić information content (AvgIpc) is 2.89. The number of imidazole rings is 1. The van der Waals surface area contributed by atoms with Gasteiger partial charge in [-0.1, -0.05) is 12.1 Å². The summed E-state index contributed by atoms with van der Waals surface area (Å²) in [4.78, 5) is 16.2. The molecule has 2 N–H and O–H groups in total. The number of hydrogen-bond donors (Lipinski definition) is 2. The number of carboxylic acids is 1. The van der Waals surface area contributed by atoms with Crippen molar-refractivity contribution >= 4 is 11.7 Å². The minimum atomic E-state index is -0.903. The molecule has 0 radical (unpaired) electrons. The van der Waals surface area contributed by atoms with Crippen LogP contribution in [0.2, 0.25) is 0 Å². The van der Waals surface area contributed by atoms with Gasteiger partial charge >= 0.3 is 5.97 Å². The van der Waals surface area contributed by atoms with Gasteiger partial charge in [0.1, 0.15) is 5.82 Å². The third kappa shape index (κ3) is 3.03. The first-order valence-electron chi connectivity index (χ1n) is 8.50. The second-order valence-electron chi connectivity index (χ2n) is 7.05. The van der Waals surface area contributed by atoms with Crippen molar-refractivity contribution in [3.8, 4) is 0 Å². The Morgan fingerprint density at radius 2 is 2.08 bits per heavy atom. The number of hydrogen-bond acceptors (Lipinski definition) is 3. The van der Waals surface area contributed by atoms with Crippen LogP contribution < -0.4 is 5.32 Å². The van der Waals surface area contributed by atoms with Crippen LogP contribution >= 0.6 is 0 Å². The van der Waals surface area contributed by atoms with E-state index in [-0.39, 0.29) is 0 Å². The third-order valence-corrected chi connectivity index (χ3v) is 5.04. The van der Waals surface area contributed by atoms with Crippen LogP contribution in [0.1, 0.15) is 49.5 Å². The number of nitrogens with one attached hydrogen (secondary N) is 1. The van der Waals surface area contributed by atoms with Crippen LogP contribution in [0.25, 0.3) is 0 Å². The van der Waals surface area contributed by atoms with Crippen molar-refractivity contribution in [1.29, 1.82) is 0 Å². The van der Waals surface area contributed by atoms with E-state index in [2.05, 4.69) is 16.9 Å². The molecule has 0 saturated heterocycles. The summed E-state index contributed by atoms with van der Waals surface area (Å²) in [5.41, 5.74) is 3.40. The number of carboxylic acid groups (broad SMARTS) is 1. The second kappa shape index (κ2) is 6.30. The summed E-state index contributed by atoms with van der Waals surface area (Å²) < 4.78 is 2.20. The zero-order valence-corrected chi connectivity index (χ0v) is 14.6. The van der Waals surface area contributed by atoms with E-state index in [1.165, 1.54) is 24.2 Å². The second-order valence-corrected chi connectivity index (χ2v) is 7.05. The zero-order valence-electron chi connectivity index (χ0n) is 14.6. The van der Waals surface area contributed by atoms with Crippen molar-refractivity contribution in [2.75, 3.05) is 5.32 Å². The zero-order chi connectivity index (χ0) is 17.3. The van der Waals surface area contributed by atoms with Gasteiger partial charge in [-0.05, 0) is 57.2 Å². The first-order chi connectivity index (χ1) is 11.4. The van der Waals surface area contributed by atoms with Crippen molar-refractivity contribution in [3.05, 3.63) is 47.0 Å². The summed E-state index contributed by atoms with van der Waals surface area (Å²) in [6, 6.07) is 7.63. The molecule has 0 unspecified atom stereocenters. The lowest BCUT2D eigenvalue weighted by Gasteiger charge is -2.20. The standard InChI is InChI=1S/C19H25N3O2/c1-19(2,18(23)24)13-7-6-8-14(11-13)20-12-17-21-15-9-4-5-10-16(15)22(17)3/h6-8,11,20H,4-5,9-10,12H2,1-3H3,(H,23,24). The first-order valence-corrected chi connectivity index (χ1v) is 8.50. The summed E-state index contributed by atoms with van der Waals surface area (Å²) in [6.45, 7) is 4.09. The SMILES string of the molecule is Cn1c(CNc2cccc(C(C)(C)C(=O)O)c2)nc2c1CCCC2. The third-order valence-electron chi connectivity index (χ3n) is 5.04. The molecular weight excluding hydrogens is 302 g/mol. The molecule has 0 fully saturated rings. The number of rotatable bonds is 5. The Hall–Kier alpha value is -2.30. The van der Waals surface area contributed by atoms with E-state index < -0.39 is 11.4 Å². The molecule has 0 saturated carbocycles. The minimum absolute atomic E-state index is 0.639. The fourth-order valence-electron chi connectivity index (χ4n) is 3.22. The lowest BCUT2D eigenvalue weighted by atomic mass is 9.84. The Labute approximate surface area is 142 Å². The normalized spacial score (nSPS) is 14.3. The smallest absolute Gasteiger partial charge is 0.313 e. The highest BCUT2D eigenvalue weighted by molar-refractivity contribution is 5.80. The van der Waals surface area contributed by atoms with E-state index in [1.807, 2.05) is 24.3 Å². The number of carbonyl (C=O) groups is 1. The Morgan fingerprint density at radius 3 is 2.79 bits per heavy atom. The fraction of sp³-hybridized carbons (Fsp3) is 0.474. The number of aryl methyl sites for hydroxylation is 1. The predicted octanol–water partition coefficient (Wildman–Crippen LogP) is 3.27. The van der Waals surface area contributed by atoms with E-state index in [0.29, 0.717) is 6.54 Å². The van der Waals surface area contributed by atoms with Gasteiger partial charge in [0, 0.05) is 18.4 Å². The lowest BCUT2D eigenvalue weighted by molar-refractivity contribution is -0.142. The number of fused-ring (bicyclic) bond motifs is 1. The van der Waals surface area contributed by atoms with Crippen LogP contribution in [-0.2, 0) is 36.6 Å². The van der Waals surface area contributed by atoms with Crippen LogP contribution in [0.5, 0.6) is 0 Å². The topological polar surface area (TPSA) is 67.2 Å². The van der Waals surface area contributed by atoms with Gasteiger partial charge in [-0.25, -0.2) is 4.98 Å². The van der Waals surface area contributed by atoms with E-state index in [4.69, 9.17) is 4.98 Å². The van der Waals surface area contributed by atoms with E-state index in [0.717, 1.165) is 29.9 Å². The molecule has 1 aliphatic carbocycles. The molecule has 0 amide bonds. The van der Waals surface area contributed by atoms with Gasteiger partial charge in [0.2, 0.25) is 0 Å². The van der Waals surface area contributed by atoms with E-state index in [9.17, 15) is 9.90 Å². The molecule has 1 aliphatic rings. The Bertz CT molecular complexity index is 762. The molecule has 0 atom stereocenters. The minimum Gasteiger partial charge on any atom is -0.481 e. The van der Waals surface area contributed by atoms with Crippen molar-refractivity contribution < 1.29 is 9.90 Å². The number of nitrogens with zero attached hydrogens (tertiary/aromatic N) is 2. The van der Waals surface area contributed by atoms with Crippen molar-refractivity contribution in [1.82, 2.24) is 9.55 Å². The largest absolute Gasteiger partial charge is 0.481 e. The lowest BCUT2D eigenvalue weighted by Crippen LogP contribution is -2.28. The summed E-state index contributed by atoms with van der Waals surface area (Å²) in [5.74, 6) is 0.209. The van der Waals surface area contributed by atoms with Gasteiger partial charge in [0.15, 0.2) is 0 Å². The molecule has 0 bridgehead atoms. The number of anilines is 1. The van der Waals surface area contributed by atoms with Crippen LogP contribution in [-0.4, -0.2) is 20.6 Å². The molecule has 24 heavy (non-hydrogen) atoms. The maximum atomic E-state index is 11.4. The van der Waals surface area contributed by atoms with Crippen LogP contribution in [0.4, 0.5) is 5.69 Å². The quantitative estimate of drug-likeness (QED) is 0.884. The molecule has 5 heteroatoms. The maximum Gasteiger partial charge on any atom is 0.313 e. The van der Waals surface area contributed by atoms with Gasteiger partial charge in [-0.15, -0.1) is 0 Å².